The zero-order valence-electron chi connectivity index (χ0n) is 21.0. The molecule has 8 heteroatoms. The maximum absolute atomic E-state index is 13.8. The number of halogens is 3. The molecule has 3 aromatic rings. The third kappa shape index (κ3) is 8.32. The van der Waals surface area contributed by atoms with Crippen molar-refractivity contribution in [2.24, 2.45) is 0 Å². The van der Waals surface area contributed by atoms with Crippen LogP contribution in [0.25, 0.3) is 0 Å². The highest BCUT2D eigenvalue weighted by molar-refractivity contribution is 9.10. The molecule has 38 heavy (non-hydrogen) atoms. The van der Waals surface area contributed by atoms with E-state index >= 15 is 0 Å². The maximum Gasteiger partial charge on any atom is 0.261 e. The highest BCUT2D eigenvalue weighted by atomic mass is 79.9. The summed E-state index contributed by atoms with van der Waals surface area (Å²) >= 11 is 13.0. The quantitative estimate of drug-likeness (QED) is 0.247. The average molecular weight is 663 g/mol. The van der Waals surface area contributed by atoms with Crippen LogP contribution in [0.15, 0.2) is 81.7 Å². The Morgan fingerprint density at radius 2 is 1.68 bits per heavy atom. The molecule has 1 aliphatic carbocycles. The standard InChI is InChI=1S/C30H31Br2ClN2O3/c31-23-11-7-10-22(16-23)19-35(29(36)20-38-28-15-14-24(33)18-26(28)32)27(17-21-8-3-1-4-9-21)30(37)34-25-12-5-2-6-13-25/h1,3-4,7-11,14-16,18,25,27H,2,5-6,12-13,17,19-20H2,(H,34,37)/t27-/m1/s1. The number of carbonyl (C=O) groups excluding carboxylic acids is 2. The van der Waals surface area contributed by atoms with Crippen molar-refractivity contribution >= 4 is 55.3 Å². The third-order valence-corrected chi connectivity index (χ3v) is 8.06. The second kappa shape index (κ2) is 14.2. The van der Waals surface area contributed by atoms with Crippen LogP contribution in [0.2, 0.25) is 5.02 Å². The molecular formula is C30H31Br2ClN2O3. The van der Waals surface area contributed by atoms with Crippen LogP contribution in [0.4, 0.5) is 0 Å². The molecule has 1 fully saturated rings. The summed E-state index contributed by atoms with van der Waals surface area (Å²) in [6.45, 7) is 0.0647. The van der Waals surface area contributed by atoms with Gasteiger partial charge in [0.25, 0.3) is 5.91 Å². The van der Waals surface area contributed by atoms with Gasteiger partial charge in [-0.3, -0.25) is 9.59 Å². The lowest BCUT2D eigenvalue weighted by Crippen LogP contribution is -2.53. The van der Waals surface area contributed by atoms with E-state index in [1.54, 1.807) is 23.1 Å². The van der Waals surface area contributed by atoms with Gasteiger partial charge in [-0.25, -0.2) is 0 Å². The molecule has 0 aliphatic heterocycles. The number of ether oxygens (including phenoxy) is 1. The fourth-order valence-electron chi connectivity index (χ4n) is 4.74. The van der Waals surface area contributed by atoms with E-state index in [0.717, 1.165) is 41.3 Å². The molecule has 0 bridgehead atoms. The van der Waals surface area contributed by atoms with Crippen LogP contribution in [0.1, 0.15) is 43.2 Å². The average Bonchev–Trinajstić information content (AvgIpc) is 2.91. The fourth-order valence-corrected chi connectivity index (χ4v) is 5.99. The van der Waals surface area contributed by atoms with Crippen molar-refractivity contribution in [1.29, 1.82) is 0 Å². The summed E-state index contributed by atoms with van der Waals surface area (Å²) in [7, 11) is 0. The molecule has 4 rings (SSSR count). The Balaban J connectivity index is 1.62. The lowest BCUT2D eigenvalue weighted by molar-refractivity contribution is -0.143. The highest BCUT2D eigenvalue weighted by Gasteiger charge is 2.32. The number of amides is 2. The number of carbonyl (C=O) groups is 2. The van der Waals surface area contributed by atoms with Crippen LogP contribution in [0.3, 0.4) is 0 Å². The van der Waals surface area contributed by atoms with E-state index in [0.29, 0.717) is 21.7 Å². The second-order valence-electron chi connectivity index (χ2n) is 9.56. The number of hydrogen-bond donors (Lipinski definition) is 1. The number of nitrogens with one attached hydrogen (secondary N) is 1. The zero-order valence-corrected chi connectivity index (χ0v) is 25.0. The summed E-state index contributed by atoms with van der Waals surface area (Å²) in [6, 6.07) is 22.2. The Kier molecular flexibility index (Phi) is 10.7. The molecule has 1 N–H and O–H groups in total. The molecule has 0 aromatic heterocycles. The molecule has 2 amide bonds. The Morgan fingerprint density at radius 3 is 2.39 bits per heavy atom. The molecule has 3 aromatic carbocycles. The molecule has 1 aliphatic rings. The van der Waals surface area contributed by atoms with Crippen molar-refractivity contribution in [2.45, 2.75) is 57.2 Å². The number of nitrogens with zero attached hydrogens (tertiary/aromatic N) is 1. The predicted octanol–water partition coefficient (Wildman–Crippen LogP) is 7.33. The maximum atomic E-state index is 13.8. The van der Waals surface area contributed by atoms with E-state index in [4.69, 9.17) is 16.3 Å². The summed E-state index contributed by atoms with van der Waals surface area (Å²) in [4.78, 5) is 29.2. The molecule has 5 nitrogen and oxygen atoms in total. The van der Waals surface area contributed by atoms with Crippen molar-refractivity contribution < 1.29 is 14.3 Å². The van der Waals surface area contributed by atoms with Gasteiger partial charge in [-0.2, -0.15) is 0 Å². The van der Waals surface area contributed by atoms with E-state index in [2.05, 4.69) is 37.2 Å². The van der Waals surface area contributed by atoms with E-state index in [-0.39, 0.29) is 31.0 Å². The number of rotatable bonds is 10. The van der Waals surface area contributed by atoms with Gasteiger partial charge >= 0.3 is 0 Å². The third-order valence-electron chi connectivity index (χ3n) is 6.71. The molecule has 1 saturated carbocycles. The van der Waals surface area contributed by atoms with Crippen LogP contribution >= 0.6 is 43.5 Å². The van der Waals surface area contributed by atoms with Gasteiger partial charge in [0.2, 0.25) is 5.91 Å². The highest BCUT2D eigenvalue weighted by Crippen LogP contribution is 2.28. The Bertz CT molecular complexity index is 1240. The van der Waals surface area contributed by atoms with Gasteiger partial charge in [0.15, 0.2) is 6.61 Å². The first kappa shape index (κ1) is 28.7. The largest absolute Gasteiger partial charge is 0.483 e. The van der Waals surface area contributed by atoms with Crippen molar-refractivity contribution in [3.8, 4) is 5.75 Å². The molecule has 0 spiro atoms. The van der Waals surface area contributed by atoms with Crippen LogP contribution in [0.5, 0.6) is 5.75 Å². The van der Waals surface area contributed by atoms with Crippen LogP contribution in [-0.4, -0.2) is 35.4 Å². The van der Waals surface area contributed by atoms with Gasteiger partial charge < -0.3 is 15.0 Å². The Hall–Kier alpha value is -2.35. The van der Waals surface area contributed by atoms with Gasteiger partial charge in [0, 0.05) is 28.5 Å². The minimum absolute atomic E-state index is 0.128. The summed E-state index contributed by atoms with van der Waals surface area (Å²) < 4.78 is 7.46. The van der Waals surface area contributed by atoms with Gasteiger partial charge in [-0.1, -0.05) is 89.3 Å². The monoisotopic (exact) mass is 660 g/mol. The van der Waals surface area contributed by atoms with Gasteiger partial charge in [-0.15, -0.1) is 0 Å². The lowest BCUT2D eigenvalue weighted by Gasteiger charge is -2.33. The first-order valence-electron chi connectivity index (χ1n) is 12.8. The van der Waals surface area contributed by atoms with Crippen LogP contribution in [-0.2, 0) is 22.6 Å². The predicted molar refractivity (Wildman–Crippen MR) is 158 cm³/mol. The van der Waals surface area contributed by atoms with E-state index < -0.39 is 6.04 Å². The molecule has 200 valence electrons. The van der Waals surface area contributed by atoms with Crippen LogP contribution < -0.4 is 10.1 Å². The van der Waals surface area contributed by atoms with Crippen molar-refractivity contribution in [1.82, 2.24) is 10.2 Å². The Labute approximate surface area is 246 Å². The van der Waals surface area contributed by atoms with E-state index in [1.807, 2.05) is 54.6 Å². The van der Waals surface area contributed by atoms with Crippen molar-refractivity contribution in [3.63, 3.8) is 0 Å². The summed E-state index contributed by atoms with van der Waals surface area (Å²) in [5, 5.41) is 3.82. The molecule has 0 heterocycles. The summed E-state index contributed by atoms with van der Waals surface area (Å²) in [6.07, 6.45) is 5.76. The first-order chi connectivity index (χ1) is 18.4. The molecule has 0 unspecified atom stereocenters. The fraction of sp³-hybridized carbons (Fsp3) is 0.333. The van der Waals surface area contributed by atoms with E-state index in [9.17, 15) is 9.59 Å². The lowest BCUT2D eigenvalue weighted by atomic mass is 9.94. The van der Waals surface area contributed by atoms with Gasteiger partial charge in [-0.05, 0) is 70.2 Å². The molecular weight excluding hydrogens is 632 g/mol. The summed E-state index contributed by atoms with van der Waals surface area (Å²) in [5.41, 5.74) is 1.91. The van der Waals surface area contributed by atoms with Crippen molar-refractivity contribution in [3.05, 3.63) is 97.9 Å². The minimum Gasteiger partial charge on any atom is -0.483 e. The first-order valence-corrected chi connectivity index (χ1v) is 14.8. The SMILES string of the molecule is O=C(NC1CCCCC1)[C@@H](Cc1ccccc1)N(Cc1cccc(Br)c1)C(=O)COc1ccc(Cl)cc1Br. The Morgan fingerprint density at radius 1 is 0.947 bits per heavy atom. The number of hydrogen-bond acceptors (Lipinski definition) is 3. The smallest absolute Gasteiger partial charge is 0.261 e. The topological polar surface area (TPSA) is 58.6 Å². The normalized spacial score (nSPS) is 14.5. The van der Waals surface area contributed by atoms with E-state index in [1.165, 1.54) is 6.42 Å². The zero-order chi connectivity index (χ0) is 26.9. The molecule has 0 radical (unpaired) electrons. The molecule has 0 saturated heterocycles. The molecule has 1 atom stereocenters. The van der Waals surface area contributed by atoms with Gasteiger partial charge in [0.1, 0.15) is 11.8 Å². The second-order valence-corrected chi connectivity index (χ2v) is 11.8. The van der Waals surface area contributed by atoms with Gasteiger partial charge in [0.05, 0.1) is 4.47 Å². The minimum atomic E-state index is -0.692. The van der Waals surface area contributed by atoms with Crippen molar-refractivity contribution in [2.75, 3.05) is 6.61 Å². The summed E-state index contributed by atoms with van der Waals surface area (Å²) in [5.74, 6) is 0.111. The van der Waals surface area contributed by atoms with Crippen LogP contribution in [0, 0.1) is 0 Å². The number of benzene rings is 3.